The largest absolute Gasteiger partial charge is 0.354 e. The van der Waals surface area contributed by atoms with E-state index in [1.54, 1.807) is 22.7 Å². The van der Waals surface area contributed by atoms with Crippen LogP contribution in [-0.2, 0) is 0 Å². The van der Waals surface area contributed by atoms with Crippen molar-refractivity contribution in [1.29, 1.82) is 0 Å². The molecule has 0 aliphatic carbocycles. The Morgan fingerprint density at radius 3 is 2.80 bits per heavy atom. The molecular weight excluding hydrogens is 250 g/mol. The van der Waals surface area contributed by atoms with E-state index in [9.17, 15) is 0 Å². The number of halogens is 1. The number of rotatable bonds is 3. The minimum absolute atomic E-state index is 0.209. The summed E-state index contributed by atoms with van der Waals surface area (Å²) in [5.41, 5.74) is 1.18. The van der Waals surface area contributed by atoms with E-state index in [1.165, 1.54) is 5.56 Å². The third-order valence-electron chi connectivity index (χ3n) is 1.95. The summed E-state index contributed by atoms with van der Waals surface area (Å²) in [7, 11) is 0. The Labute approximate surface area is 101 Å². The molecule has 0 aliphatic heterocycles. The summed E-state index contributed by atoms with van der Waals surface area (Å²) in [6, 6.07) is 2.18. The van der Waals surface area contributed by atoms with E-state index in [0.717, 1.165) is 14.5 Å². The normalized spacial score (nSPS) is 12.7. The molecular formula is C9H10ClN3S2. The lowest BCUT2D eigenvalue weighted by molar-refractivity contribution is 0.877. The van der Waals surface area contributed by atoms with Crippen molar-refractivity contribution >= 4 is 39.4 Å². The number of aromatic nitrogens is 2. The molecule has 2 rings (SSSR count). The summed E-state index contributed by atoms with van der Waals surface area (Å²) in [5.74, 6) is 0. The van der Waals surface area contributed by atoms with Gasteiger partial charge in [0.25, 0.3) is 0 Å². The zero-order valence-electron chi connectivity index (χ0n) is 8.32. The smallest absolute Gasteiger partial charge is 0.206 e. The van der Waals surface area contributed by atoms with Gasteiger partial charge in [-0.1, -0.05) is 22.9 Å². The van der Waals surface area contributed by atoms with Crippen LogP contribution in [0.2, 0.25) is 4.34 Å². The molecule has 0 saturated heterocycles. The van der Waals surface area contributed by atoms with Gasteiger partial charge in [-0.25, -0.2) is 0 Å². The Morgan fingerprint density at radius 1 is 1.47 bits per heavy atom. The van der Waals surface area contributed by atoms with Crippen molar-refractivity contribution in [1.82, 2.24) is 10.2 Å². The summed E-state index contributed by atoms with van der Waals surface area (Å²) in [5, 5.41) is 15.1. The zero-order chi connectivity index (χ0) is 10.8. The summed E-state index contributed by atoms with van der Waals surface area (Å²) in [6.45, 7) is 4.02. The van der Waals surface area contributed by atoms with Crippen LogP contribution in [0.15, 0.2) is 11.4 Å². The summed E-state index contributed by atoms with van der Waals surface area (Å²) in [4.78, 5) is 0. The van der Waals surface area contributed by atoms with Crippen molar-refractivity contribution < 1.29 is 0 Å². The molecule has 0 spiro atoms. The van der Waals surface area contributed by atoms with Gasteiger partial charge >= 0.3 is 0 Å². The van der Waals surface area contributed by atoms with Gasteiger partial charge in [0.15, 0.2) is 0 Å². The van der Waals surface area contributed by atoms with E-state index in [0.29, 0.717) is 0 Å². The van der Waals surface area contributed by atoms with Crippen molar-refractivity contribution in [3.63, 3.8) is 0 Å². The van der Waals surface area contributed by atoms with E-state index in [1.807, 2.05) is 18.4 Å². The van der Waals surface area contributed by atoms with Gasteiger partial charge in [0.2, 0.25) is 5.13 Å². The number of anilines is 1. The maximum atomic E-state index is 5.88. The molecule has 0 aromatic carbocycles. The van der Waals surface area contributed by atoms with E-state index in [4.69, 9.17) is 11.6 Å². The third kappa shape index (κ3) is 2.68. The molecule has 0 saturated carbocycles. The van der Waals surface area contributed by atoms with Crippen LogP contribution < -0.4 is 5.32 Å². The van der Waals surface area contributed by atoms with Gasteiger partial charge in [0, 0.05) is 0 Å². The second-order valence-corrected chi connectivity index (χ2v) is 5.90. The monoisotopic (exact) mass is 259 g/mol. The minimum atomic E-state index is 0.209. The predicted molar refractivity (Wildman–Crippen MR) is 66.0 cm³/mol. The number of thiophene rings is 1. The minimum Gasteiger partial charge on any atom is -0.354 e. The molecule has 0 amide bonds. The van der Waals surface area contributed by atoms with E-state index in [2.05, 4.69) is 22.4 Å². The number of aryl methyl sites for hydroxylation is 1. The lowest BCUT2D eigenvalue weighted by Crippen LogP contribution is -2.04. The molecule has 2 aromatic heterocycles. The fourth-order valence-corrected chi connectivity index (χ4v) is 2.84. The van der Waals surface area contributed by atoms with E-state index in [-0.39, 0.29) is 6.04 Å². The SMILES string of the molecule is Cc1nnc(NC(C)c2csc(Cl)c2)s1. The molecule has 1 unspecified atom stereocenters. The number of nitrogens with one attached hydrogen (secondary N) is 1. The van der Waals surface area contributed by atoms with Gasteiger partial charge in [-0.3, -0.25) is 0 Å². The van der Waals surface area contributed by atoms with Crippen LogP contribution in [0.5, 0.6) is 0 Å². The highest BCUT2D eigenvalue weighted by Crippen LogP contribution is 2.27. The first kappa shape index (κ1) is 10.9. The molecule has 0 aliphatic rings. The maximum absolute atomic E-state index is 5.88. The first-order valence-electron chi connectivity index (χ1n) is 4.45. The average Bonchev–Trinajstić information content (AvgIpc) is 2.75. The number of nitrogens with zero attached hydrogens (tertiary/aromatic N) is 2. The molecule has 3 nitrogen and oxygen atoms in total. The van der Waals surface area contributed by atoms with Crippen molar-refractivity contribution in [3.05, 3.63) is 26.4 Å². The van der Waals surface area contributed by atoms with Crippen LogP contribution >= 0.6 is 34.3 Å². The lowest BCUT2D eigenvalue weighted by atomic mass is 10.2. The highest BCUT2D eigenvalue weighted by molar-refractivity contribution is 7.15. The second kappa shape index (κ2) is 4.47. The standard InChI is InChI=1S/C9H10ClN3S2/c1-5(7-3-8(10)14-4-7)11-9-13-12-6(2)15-9/h3-5H,1-2H3,(H,11,13). The van der Waals surface area contributed by atoms with Crippen LogP contribution in [-0.4, -0.2) is 10.2 Å². The highest BCUT2D eigenvalue weighted by atomic mass is 35.5. The molecule has 6 heteroatoms. The third-order valence-corrected chi connectivity index (χ3v) is 3.83. The van der Waals surface area contributed by atoms with Crippen molar-refractivity contribution in [2.24, 2.45) is 0 Å². The molecule has 0 fully saturated rings. The Balaban J connectivity index is 2.06. The topological polar surface area (TPSA) is 37.8 Å². The summed E-state index contributed by atoms with van der Waals surface area (Å²) < 4.78 is 0.812. The van der Waals surface area contributed by atoms with Gasteiger partial charge < -0.3 is 5.32 Å². The number of hydrogen-bond donors (Lipinski definition) is 1. The fourth-order valence-electron chi connectivity index (χ4n) is 1.17. The van der Waals surface area contributed by atoms with Gasteiger partial charge in [-0.15, -0.1) is 21.5 Å². The Hall–Kier alpha value is -0.650. The van der Waals surface area contributed by atoms with Crippen LogP contribution in [0.4, 0.5) is 5.13 Å². The molecule has 0 radical (unpaired) electrons. The van der Waals surface area contributed by atoms with Crippen molar-refractivity contribution in [3.8, 4) is 0 Å². The van der Waals surface area contributed by atoms with Gasteiger partial charge in [-0.2, -0.15) is 0 Å². The van der Waals surface area contributed by atoms with E-state index >= 15 is 0 Å². The van der Waals surface area contributed by atoms with Crippen LogP contribution in [0.1, 0.15) is 23.5 Å². The Bertz CT molecular complexity index is 452. The number of hydrogen-bond acceptors (Lipinski definition) is 5. The Kier molecular flexibility index (Phi) is 3.23. The quantitative estimate of drug-likeness (QED) is 0.913. The first-order valence-corrected chi connectivity index (χ1v) is 6.53. The van der Waals surface area contributed by atoms with E-state index < -0.39 is 0 Å². The lowest BCUT2D eigenvalue weighted by Gasteiger charge is -2.09. The Morgan fingerprint density at radius 2 is 2.27 bits per heavy atom. The highest BCUT2D eigenvalue weighted by Gasteiger charge is 2.09. The van der Waals surface area contributed by atoms with Crippen molar-refractivity contribution in [2.45, 2.75) is 19.9 Å². The predicted octanol–water partition coefficient (Wildman–Crippen LogP) is 3.73. The van der Waals surface area contributed by atoms with Crippen LogP contribution in [0.25, 0.3) is 0 Å². The average molecular weight is 260 g/mol. The van der Waals surface area contributed by atoms with Gasteiger partial charge in [0.1, 0.15) is 5.01 Å². The molecule has 2 heterocycles. The molecule has 0 bridgehead atoms. The zero-order valence-corrected chi connectivity index (χ0v) is 10.7. The molecule has 15 heavy (non-hydrogen) atoms. The first-order chi connectivity index (χ1) is 7.15. The fraction of sp³-hybridized carbons (Fsp3) is 0.333. The van der Waals surface area contributed by atoms with Crippen LogP contribution in [0.3, 0.4) is 0 Å². The van der Waals surface area contributed by atoms with Crippen LogP contribution in [0, 0.1) is 6.92 Å². The van der Waals surface area contributed by atoms with Gasteiger partial charge in [0.05, 0.1) is 10.4 Å². The molecule has 2 aromatic rings. The molecule has 1 N–H and O–H groups in total. The maximum Gasteiger partial charge on any atom is 0.206 e. The molecule has 80 valence electrons. The summed E-state index contributed by atoms with van der Waals surface area (Å²) in [6.07, 6.45) is 0. The van der Waals surface area contributed by atoms with Gasteiger partial charge in [-0.05, 0) is 30.9 Å². The second-order valence-electron chi connectivity index (χ2n) is 3.18. The summed E-state index contributed by atoms with van der Waals surface area (Å²) >= 11 is 8.97. The molecule has 1 atom stereocenters. The van der Waals surface area contributed by atoms with Crippen molar-refractivity contribution in [2.75, 3.05) is 5.32 Å².